The van der Waals surface area contributed by atoms with Crippen molar-refractivity contribution in [2.75, 3.05) is 6.61 Å². The van der Waals surface area contributed by atoms with Gasteiger partial charge in [-0.05, 0) is 29.8 Å². The molecule has 1 aromatic heterocycles. The van der Waals surface area contributed by atoms with Crippen LogP contribution in [0.1, 0.15) is 21.4 Å². The van der Waals surface area contributed by atoms with Crippen molar-refractivity contribution in [2.45, 2.75) is 18.8 Å². The largest absolute Gasteiger partial charge is 0.485 e. The van der Waals surface area contributed by atoms with Crippen LogP contribution in [0.4, 0.5) is 0 Å². The van der Waals surface area contributed by atoms with Crippen LogP contribution in [0.5, 0.6) is 11.5 Å². The summed E-state index contributed by atoms with van der Waals surface area (Å²) in [5.41, 5.74) is 0.848. The molecule has 1 aliphatic rings. The molecular formula is C21H19NO4S. The van der Waals surface area contributed by atoms with E-state index in [9.17, 15) is 9.90 Å². The summed E-state index contributed by atoms with van der Waals surface area (Å²) in [4.78, 5) is 14.2. The van der Waals surface area contributed by atoms with Gasteiger partial charge in [-0.1, -0.05) is 42.5 Å². The molecule has 0 saturated carbocycles. The minimum absolute atomic E-state index is 0.186. The molecule has 2 aromatic carbocycles. The number of benzene rings is 2. The average Bonchev–Trinajstić information content (AvgIpc) is 3.21. The quantitative estimate of drug-likeness (QED) is 0.712. The van der Waals surface area contributed by atoms with Crippen molar-refractivity contribution in [1.29, 1.82) is 0 Å². The van der Waals surface area contributed by atoms with Crippen LogP contribution in [-0.2, 0) is 11.3 Å². The molecule has 6 heteroatoms. The first-order valence-electron chi connectivity index (χ1n) is 8.68. The van der Waals surface area contributed by atoms with Crippen molar-refractivity contribution in [3.05, 3.63) is 82.0 Å². The van der Waals surface area contributed by atoms with Gasteiger partial charge in [0.1, 0.15) is 12.7 Å². The number of carbonyl (C=O) groups excluding carboxylic acids is 1. The lowest BCUT2D eigenvalue weighted by atomic mass is 10.1. The number of rotatable bonds is 5. The Morgan fingerprint density at radius 1 is 1.07 bits per heavy atom. The van der Waals surface area contributed by atoms with Crippen molar-refractivity contribution < 1.29 is 19.4 Å². The molecular weight excluding hydrogens is 362 g/mol. The van der Waals surface area contributed by atoms with Crippen LogP contribution >= 0.6 is 11.3 Å². The average molecular weight is 381 g/mol. The smallest absolute Gasteiger partial charge is 0.264 e. The Hall–Kier alpha value is -2.83. The highest BCUT2D eigenvalue weighted by atomic mass is 32.1. The van der Waals surface area contributed by atoms with Crippen molar-refractivity contribution in [3.63, 3.8) is 0 Å². The molecule has 2 heterocycles. The lowest BCUT2D eigenvalue weighted by Gasteiger charge is -2.25. The molecule has 0 bridgehead atoms. The normalized spacial score (nSPS) is 16.6. The number of para-hydroxylation sites is 2. The van der Waals surface area contributed by atoms with Gasteiger partial charge in [-0.25, -0.2) is 0 Å². The zero-order chi connectivity index (χ0) is 18.6. The zero-order valence-corrected chi connectivity index (χ0v) is 15.3. The summed E-state index contributed by atoms with van der Waals surface area (Å²) >= 11 is 1.48. The fourth-order valence-electron chi connectivity index (χ4n) is 2.87. The maximum atomic E-state index is 12.4. The highest BCUT2D eigenvalue weighted by Crippen LogP contribution is 2.31. The Bertz CT molecular complexity index is 925. The van der Waals surface area contributed by atoms with E-state index in [1.54, 1.807) is 6.07 Å². The van der Waals surface area contributed by atoms with Crippen LogP contribution in [0.2, 0.25) is 0 Å². The molecule has 0 fully saturated rings. The Morgan fingerprint density at radius 2 is 1.81 bits per heavy atom. The summed E-state index contributed by atoms with van der Waals surface area (Å²) in [5.74, 6) is 1.01. The monoisotopic (exact) mass is 381 g/mol. The number of aliphatic hydroxyl groups excluding tert-OH is 1. The number of thiophene rings is 1. The van der Waals surface area contributed by atoms with E-state index < -0.39 is 12.2 Å². The SMILES string of the molecule is O=C(NCc1ccc(C(O)c2ccccc2)s1)C1COc2ccccc2O1. The van der Waals surface area contributed by atoms with E-state index in [2.05, 4.69) is 5.32 Å². The van der Waals surface area contributed by atoms with E-state index in [1.807, 2.05) is 60.7 Å². The summed E-state index contributed by atoms with van der Waals surface area (Å²) in [6.07, 6.45) is -1.33. The number of hydrogen-bond donors (Lipinski definition) is 2. The molecule has 4 rings (SSSR count). The summed E-state index contributed by atoms with van der Waals surface area (Å²) in [6, 6.07) is 20.6. The number of amides is 1. The second-order valence-corrected chi connectivity index (χ2v) is 7.40. The summed E-state index contributed by atoms with van der Waals surface area (Å²) in [7, 11) is 0. The highest BCUT2D eigenvalue weighted by molar-refractivity contribution is 7.12. The maximum absolute atomic E-state index is 12.4. The van der Waals surface area contributed by atoms with Crippen molar-refractivity contribution in [2.24, 2.45) is 0 Å². The van der Waals surface area contributed by atoms with Crippen LogP contribution in [0.3, 0.4) is 0 Å². The number of nitrogens with one attached hydrogen (secondary N) is 1. The van der Waals surface area contributed by atoms with Gasteiger partial charge >= 0.3 is 0 Å². The minimum atomic E-state index is -0.672. The van der Waals surface area contributed by atoms with E-state index in [-0.39, 0.29) is 12.5 Å². The van der Waals surface area contributed by atoms with Gasteiger partial charge in [-0.2, -0.15) is 0 Å². The zero-order valence-electron chi connectivity index (χ0n) is 14.5. The van der Waals surface area contributed by atoms with E-state index in [0.29, 0.717) is 18.0 Å². The highest BCUT2D eigenvalue weighted by Gasteiger charge is 2.27. The molecule has 1 aliphatic heterocycles. The number of aliphatic hydroxyl groups is 1. The van der Waals surface area contributed by atoms with Crippen LogP contribution < -0.4 is 14.8 Å². The van der Waals surface area contributed by atoms with Gasteiger partial charge in [0.15, 0.2) is 11.5 Å². The van der Waals surface area contributed by atoms with E-state index >= 15 is 0 Å². The van der Waals surface area contributed by atoms with Gasteiger partial charge in [0, 0.05) is 9.75 Å². The van der Waals surface area contributed by atoms with E-state index in [0.717, 1.165) is 15.3 Å². The van der Waals surface area contributed by atoms with Crippen LogP contribution in [0.15, 0.2) is 66.7 Å². The molecule has 2 atom stereocenters. The van der Waals surface area contributed by atoms with Gasteiger partial charge in [-0.15, -0.1) is 11.3 Å². The molecule has 0 radical (unpaired) electrons. The summed E-state index contributed by atoms with van der Waals surface area (Å²) < 4.78 is 11.3. The number of fused-ring (bicyclic) bond motifs is 1. The third kappa shape index (κ3) is 3.97. The Morgan fingerprint density at radius 3 is 2.63 bits per heavy atom. The first kappa shape index (κ1) is 17.6. The third-order valence-corrected chi connectivity index (χ3v) is 5.44. The lowest BCUT2D eigenvalue weighted by Crippen LogP contribution is -2.43. The van der Waals surface area contributed by atoms with Gasteiger partial charge in [0.05, 0.1) is 6.54 Å². The Kier molecular flexibility index (Phi) is 5.09. The predicted octanol–water partition coefficient (Wildman–Crippen LogP) is 3.29. The number of carbonyl (C=O) groups is 1. The van der Waals surface area contributed by atoms with Crippen molar-refractivity contribution >= 4 is 17.2 Å². The topological polar surface area (TPSA) is 67.8 Å². The molecule has 2 N–H and O–H groups in total. The second kappa shape index (κ2) is 7.82. The molecule has 138 valence electrons. The lowest BCUT2D eigenvalue weighted by molar-refractivity contribution is -0.130. The maximum Gasteiger partial charge on any atom is 0.264 e. The van der Waals surface area contributed by atoms with Crippen LogP contribution in [0.25, 0.3) is 0 Å². The standard InChI is InChI=1S/C21H19NO4S/c23-20(14-6-2-1-3-7-14)19-11-10-15(27-19)12-22-21(24)18-13-25-16-8-4-5-9-17(16)26-18/h1-11,18,20,23H,12-13H2,(H,22,24). The summed E-state index contributed by atoms with van der Waals surface area (Å²) in [6.45, 7) is 0.567. The van der Waals surface area contributed by atoms with Crippen LogP contribution in [0, 0.1) is 0 Å². The second-order valence-electron chi connectivity index (χ2n) is 6.20. The number of ether oxygens (including phenoxy) is 2. The van der Waals surface area contributed by atoms with Gasteiger partial charge in [0.25, 0.3) is 5.91 Å². The predicted molar refractivity (Wildman–Crippen MR) is 103 cm³/mol. The van der Waals surface area contributed by atoms with E-state index in [1.165, 1.54) is 11.3 Å². The van der Waals surface area contributed by atoms with Gasteiger partial charge in [0.2, 0.25) is 6.10 Å². The molecule has 27 heavy (non-hydrogen) atoms. The van der Waals surface area contributed by atoms with Gasteiger partial charge < -0.3 is 19.9 Å². The van der Waals surface area contributed by atoms with Crippen molar-refractivity contribution in [1.82, 2.24) is 5.32 Å². The molecule has 0 spiro atoms. The van der Waals surface area contributed by atoms with Gasteiger partial charge in [-0.3, -0.25) is 4.79 Å². The fourth-order valence-corrected chi connectivity index (χ4v) is 3.84. The molecule has 0 saturated heterocycles. The Labute approximate surface area is 161 Å². The fraction of sp³-hybridized carbons (Fsp3) is 0.190. The molecule has 0 aliphatic carbocycles. The number of hydrogen-bond acceptors (Lipinski definition) is 5. The van der Waals surface area contributed by atoms with E-state index in [4.69, 9.17) is 9.47 Å². The Balaban J connectivity index is 1.34. The molecule has 3 aromatic rings. The minimum Gasteiger partial charge on any atom is -0.485 e. The summed E-state index contributed by atoms with van der Waals surface area (Å²) in [5, 5.41) is 13.3. The van der Waals surface area contributed by atoms with Crippen LogP contribution in [-0.4, -0.2) is 23.7 Å². The molecule has 1 amide bonds. The van der Waals surface area contributed by atoms with Crippen molar-refractivity contribution in [3.8, 4) is 11.5 Å². The first-order valence-corrected chi connectivity index (χ1v) is 9.50. The third-order valence-electron chi connectivity index (χ3n) is 4.31. The first-order chi connectivity index (χ1) is 13.2. The molecule has 2 unspecified atom stereocenters. The molecule has 5 nitrogen and oxygen atoms in total.